The molecule has 0 rings (SSSR count). The van der Waals surface area contributed by atoms with Gasteiger partial charge in [0.2, 0.25) is 0 Å². The van der Waals surface area contributed by atoms with Crippen molar-refractivity contribution in [2.45, 2.75) is 112 Å². The number of aliphatic carboxylic acids is 12. The van der Waals surface area contributed by atoms with Crippen molar-refractivity contribution in [2.75, 3.05) is 19.6 Å². The normalized spacial score (nSPS) is 13.3. The summed E-state index contributed by atoms with van der Waals surface area (Å²) in [6.07, 6.45) is -9.05. The second kappa shape index (κ2) is 33.1. The van der Waals surface area contributed by atoms with Gasteiger partial charge in [-0.2, -0.15) is 0 Å². The maximum absolute atomic E-state index is 10.8. The molecule has 4 radical (unpaired) electrons. The van der Waals surface area contributed by atoms with Crippen LogP contribution in [0.4, 0.5) is 0 Å². The van der Waals surface area contributed by atoms with Gasteiger partial charge in [0.15, 0.2) is 0 Å². The van der Waals surface area contributed by atoms with E-state index in [4.69, 9.17) is 17.2 Å². The Balaban J connectivity index is -0.000000157. The molecule has 0 aromatic carbocycles. The molecule has 0 bridgehead atoms. The van der Waals surface area contributed by atoms with E-state index in [0.29, 0.717) is 0 Å². The monoisotopic (exact) mass is 1130 g/mol. The van der Waals surface area contributed by atoms with E-state index in [1.54, 1.807) is 0 Å². The average molecular weight is 1130 g/mol. The van der Waals surface area contributed by atoms with Crippen LogP contribution in [0.2, 0.25) is 0 Å². The fraction of sp³-hybridized carbons (Fsp3) is 0.636. The molecular weight excluding hydrogens is 1090 g/mol. The van der Waals surface area contributed by atoms with Crippen LogP contribution in [0.1, 0.15) is 78.6 Å². The van der Waals surface area contributed by atoms with E-state index in [2.05, 4.69) is 16.0 Å². The molecule has 9 N–H and O–H groups in total. The van der Waals surface area contributed by atoms with Gasteiger partial charge in [0.05, 0.1) is 17.9 Å². The minimum absolute atomic E-state index is 0. The molecule has 0 fully saturated rings. The van der Waals surface area contributed by atoms with Crippen LogP contribution in [0.3, 0.4) is 0 Å². The number of carbonyl (C=O) groups excluding carboxylic acids is 12. The Morgan fingerprint density at radius 2 is 0.403 bits per heavy atom. The van der Waals surface area contributed by atoms with Crippen LogP contribution < -0.4 is 94.4 Å². The summed E-state index contributed by atoms with van der Waals surface area (Å²) in [5.74, 6) is -20.5. The number of carbonyl (C=O) groups is 12. The minimum atomic E-state index is -2.13. The first kappa shape index (κ1) is 76.7. The van der Waals surface area contributed by atoms with Crippen LogP contribution in [-0.2, 0) is 126 Å². The van der Waals surface area contributed by atoms with Crippen LogP contribution in [-0.4, -0.2) is 124 Å². The Morgan fingerprint density at radius 3 is 0.493 bits per heavy atom. The summed E-state index contributed by atoms with van der Waals surface area (Å²) in [4.78, 5) is 129. The fourth-order valence-corrected chi connectivity index (χ4v) is 5.99. The van der Waals surface area contributed by atoms with Crippen molar-refractivity contribution in [2.24, 2.45) is 17.2 Å². The molecule has 0 aromatic rings. The molecule has 0 saturated heterocycles. The molecule has 0 heterocycles. The van der Waals surface area contributed by atoms with Crippen molar-refractivity contribution in [3.05, 3.63) is 0 Å². The van der Waals surface area contributed by atoms with Crippen molar-refractivity contribution in [3.63, 3.8) is 0 Å². The molecule has 380 valence electrons. The topological polar surface area (TPSA) is 596 Å². The second-order valence-corrected chi connectivity index (χ2v) is 14.6. The number of carboxylic acid groups (broad SMARTS) is 12. The molecular formula is C33H42Fe4N6O24. The molecule has 34 heteroatoms. The predicted octanol–water partition coefficient (Wildman–Crippen LogP) is -20.4. The van der Waals surface area contributed by atoms with E-state index < -0.39 is 182 Å². The first-order valence-corrected chi connectivity index (χ1v) is 17.3. The Bertz CT molecular complexity index is 1510. The molecule has 30 nitrogen and oxygen atoms in total. The third-order valence-corrected chi connectivity index (χ3v) is 9.20. The number of hydrogen-bond acceptors (Lipinski definition) is 30. The van der Waals surface area contributed by atoms with Gasteiger partial charge in [0.1, 0.15) is 0 Å². The molecule has 0 spiro atoms. The van der Waals surface area contributed by atoms with Gasteiger partial charge in [0.25, 0.3) is 0 Å². The van der Waals surface area contributed by atoms with Crippen LogP contribution in [0, 0.1) is 0 Å². The zero-order chi connectivity index (χ0) is 50.5. The maximum Gasteiger partial charge on any atom is 3.00 e. The smallest absolute Gasteiger partial charge is 0.550 e. The molecule has 0 saturated carbocycles. The molecule has 67 heavy (non-hydrogen) atoms. The van der Waals surface area contributed by atoms with Gasteiger partial charge in [-0.05, 0) is 20.8 Å². The van der Waals surface area contributed by atoms with Gasteiger partial charge in [0, 0.05) is 164 Å². The Morgan fingerprint density at radius 1 is 0.284 bits per heavy atom. The first-order valence-electron chi connectivity index (χ1n) is 17.3. The van der Waals surface area contributed by atoms with Crippen LogP contribution in [0.15, 0.2) is 0 Å². The summed E-state index contributed by atoms with van der Waals surface area (Å²) < 4.78 is 0. The van der Waals surface area contributed by atoms with E-state index in [1.165, 1.54) is 0 Å². The molecule has 0 aliphatic rings. The van der Waals surface area contributed by atoms with Gasteiger partial charge in [-0.1, -0.05) is 0 Å². The van der Waals surface area contributed by atoms with Crippen LogP contribution >= 0.6 is 0 Å². The Hall–Kier alpha value is -4.52. The van der Waals surface area contributed by atoms with E-state index in [-0.39, 0.29) is 68.3 Å². The van der Waals surface area contributed by atoms with Gasteiger partial charge in [-0.25, -0.2) is 0 Å². The van der Waals surface area contributed by atoms with Gasteiger partial charge in [-0.15, -0.1) is 0 Å². The molecule has 3 atom stereocenters. The first-order chi connectivity index (χ1) is 28.2. The van der Waals surface area contributed by atoms with Crippen molar-refractivity contribution >= 4 is 71.6 Å². The molecule has 0 aliphatic carbocycles. The van der Waals surface area contributed by atoms with Crippen molar-refractivity contribution in [1.29, 1.82) is 0 Å². The fourth-order valence-electron chi connectivity index (χ4n) is 5.99. The number of carboxylic acids is 12. The van der Waals surface area contributed by atoms with Crippen LogP contribution in [0.5, 0.6) is 0 Å². The molecule has 0 aromatic heterocycles. The van der Waals surface area contributed by atoms with Crippen molar-refractivity contribution < 1.29 is 187 Å². The summed E-state index contributed by atoms with van der Waals surface area (Å²) in [6, 6.07) is 0. The van der Waals surface area contributed by atoms with Gasteiger partial charge >= 0.3 is 68.3 Å². The average Bonchev–Trinajstić information content (AvgIpc) is 3.02. The second-order valence-electron chi connectivity index (χ2n) is 14.6. The molecule has 3 unspecified atom stereocenters. The summed E-state index contributed by atoms with van der Waals surface area (Å²) in [7, 11) is 0. The summed E-state index contributed by atoms with van der Waals surface area (Å²) in [6.45, 7) is 0.325. The standard InChI is InChI=1S/3C11H18N2O8.4Fe/c3*1-10(12,2-6(14)15)11(3-7(16)17,4-8(18)19)13-5-9(20)21;;;;/h3*13H,2-5,12H2,1H3,(H,14,15)(H,16,17)(H,18,19)(H,20,21);;;;/q;;;4*+3/p-12. The predicted molar refractivity (Wildman–Crippen MR) is 172 cm³/mol. The maximum atomic E-state index is 10.8. The van der Waals surface area contributed by atoms with Gasteiger partial charge < -0.3 is 152 Å². The number of hydrogen-bond donors (Lipinski definition) is 6. The SMILES string of the molecule is CC(N)(CC(=O)[O-])C(CC(=O)[O-])(CC(=O)[O-])NCC(=O)[O-].CC(N)(CC(=O)[O-])C(CC(=O)[O-])(CC(=O)[O-])NCC(=O)[O-].CC(N)(CC(=O)[O-])C(CC(=O)[O-])(CC(=O)[O-])NCC(=O)[O-].[Fe+3].[Fe+3].[Fe+3].[Fe+3]. The minimum Gasteiger partial charge on any atom is -0.550 e. The zero-order valence-corrected chi connectivity index (χ0v) is 39.3. The van der Waals surface area contributed by atoms with E-state index in [9.17, 15) is 119 Å². The van der Waals surface area contributed by atoms with Crippen molar-refractivity contribution in [3.8, 4) is 0 Å². The Kier molecular flexibility index (Phi) is 37.9. The van der Waals surface area contributed by atoms with Gasteiger partial charge in [-0.3, -0.25) is 0 Å². The third kappa shape index (κ3) is 29.8. The molecule has 0 aliphatic heterocycles. The largest absolute Gasteiger partial charge is 3.00 e. The molecule has 0 amide bonds. The number of nitrogens with one attached hydrogen (secondary N) is 3. The third-order valence-electron chi connectivity index (χ3n) is 9.20. The van der Waals surface area contributed by atoms with E-state index in [0.717, 1.165) is 20.8 Å². The van der Waals surface area contributed by atoms with E-state index in [1.807, 2.05) is 0 Å². The van der Waals surface area contributed by atoms with E-state index >= 15 is 0 Å². The Labute approximate surface area is 421 Å². The van der Waals surface area contributed by atoms with Crippen LogP contribution in [0.25, 0.3) is 0 Å². The summed E-state index contributed by atoms with van der Waals surface area (Å²) in [5.41, 5.74) is 4.79. The summed E-state index contributed by atoms with van der Waals surface area (Å²) >= 11 is 0. The summed E-state index contributed by atoms with van der Waals surface area (Å²) in [5, 5.41) is 135. The number of rotatable bonds is 30. The number of nitrogens with two attached hydrogens (primary N) is 3. The zero-order valence-electron chi connectivity index (χ0n) is 34.9. The van der Waals surface area contributed by atoms with Crippen molar-refractivity contribution in [1.82, 2.24) is 16.0 Å². The quantitative estimate of drug-likeness (QED) is 0.0364.